The Morgan fingerprint density at radius 3 is 2.74 bits per heavy atom. The van der Waals surface area contributed by atoms with Gasteiger partial charge in [0.05, 0.1) is 16.6 Å². The number of hydrogen-bond acceptors (Lipinski definition) is 3. The van der Waals surface area contributed by atoms with Gasteiger partial charge in [0, 0.05) is 16.6 Å². The largest absolute Gasteiger partial charge is 0.310 e. The molecule has 1 aliphatic rings. The SMILES string of the molecule is CC(C)n1[nH]c(=O)c2c1NC(=O)CS[C@@H]2c1c(F)cccc1Cl. The first-order valence-corrected chi connectivity index (χ1v) is 8.52. The number of H-pyrrole nitrogens is 1. The van der Waals surface area contributed by atoms with E-state index in [0.717, 1.165) is 0 Å². The van der Waals surface area contributed by atoms with E-state index in [1.165, 1.54) is 23.9 Å². The number of carbonyl (C=O) groups is 1. The Kier molecular flexibility index (Phi) is 4.25. The van der Waals surface area contributed by atoms with Crippen molar-refractivity contribution >= 4 is 35.1 Å². The molecule has 0 saturated carbocycles. The average molecular weight is 356 g/mol. The molecule has 23 heavy (non-hydrogen) atoms. The molecule has 1 atom stereocenters. The summed E-state index contributed by atoms with van der Waals surface area (Å²) in [5, 5.41) is 5.03. The number of halogens is 2. The lowest BCUT2D eigenvalue weighted by Gasteiger charge is -2.16. The predicted octanol–water partition coefficient (Wildman–Crippen LogP) is 3.32. The van der Waals surface area contributed by atoms with Crippen molar-refractivity contribution in [2.75, 3.05) is 11.1 Å². The van der Waals surface area contributed by atoms with Crippen molar-refractivity contribution in [3.8, 4) is 0 Å². The molecule has 0 bridgehead atoms. The Labute approximate surface area is 141 Å². The maximum absolute atomic E-state index is 14.3. The molecule has 0 spiro atoms. The number of aromatic nitrogens is 2. The molecule has 0 radical (unpaired) electrons. The summed E-state index contributed by atoms with van der Waals surface area (Å²) in [5.41, 5.74) is 0.193. The number of nitrogens with zero attached hydrogens (tertiary/aromatic N) is 1. The zero-order valence-electron chi connectivity index (χ0n) is 12.5. The summed E-state index contributed by atoms with van der Waals surface area (Å²) in [4.78, 5) is 24.4. The molecule has 2 heterocycles. The second-order valence-electron chi connectivity index (χ2n) is 5.54. The zero-order valence-corrected chi connectivity index (χ0v) is 14.1. The topological polar surface area (TPSA) is 66.9 Å². The van der Waals surface area contributed by atoms with Crippen molar-refractivity contribution in [2.24, 2.45) is 0 Å². The standard InChI is InChI=1S/C15H15ClFN3O2S/c1-7(2)20-14-12(15(22)19-20)13(23-6-10(21)18-14)11-8(16)4-3-5-9(11)17/h3-5,7,13H,6H2,1-2H3,(H,18,21)(H,19,22)/t13-/m1/s1. The van der Waals surface area contributed by atoms with Gasteiger partial charge in [-0.15, -0.1) is 11.8 Å². The van der Waals surface area contributed by atoms with Crippen LogP contribution >= 0.6 is 23.4 Å². The van der Waals surface area contributed by atoms with E-state index in [9.17, 15) is 14.0 Å². The number of aromatic amines is 1. The number of nitrogens with one attached hydrogen (secondary N) is 2. The van der Waals surface area contributed by atoms with Crippen LogP contribution in [-0.2, 0) is 4.79 Å². The van der Waals surface area contributed by atoms with Crippen LogP contribution in [0.3, 0.4) is 0 Å². The van der Waals surface area contributed by atoms with Gasteiger partial charge in [-0.2, -0.15) is 0 Å². The smallest absolute Gasteiger partial charge is 0.270 e. The highest BCUT2D eigenvalue weighted by molar-refractivity contribution is 8.00. The van der Waals surface area contributed by atoms with E-state index in [2.05, 4.69) is 10.4 Å². The van der Waals surface area contributed by atoms with Crippen molar-refractivity contribution in [1.82, 2.24) is 9.78 Å². The van der Waals surface area contributed by atoms with E-state index in [1.807, 2.05) is 13.8 Å². The van der Waals surface area contributed by atoms with Crippen molar-refractivity contribution in [3.63, 3.8) is 0 Å². The first-order valence-electron chi connectivity index (χ1n) is 7.10. The summed E-state index contributed by atoms with van der Waals surface area (Å²) >= 11 is 7.35. The monoisotopic (exact) mass is 355 g/mol. The fraction of sp³-hybridized carbons (Fsp3) is 0.333. The first kappa shape index (κ1) is 16.1. The molecule has 1 amide bonds. The number of thioether (sulfide) groups is 1. The second-order valence-corrected chi connectivity index (χ2v) is 7.04. The zero-order chi connectivity index (χ0) is 16.7. The molecule has 5 nitrogen and oxygen atoms in total. The lowest BCUT2D eigenvalue weighted by molar-refractivity contribution is -0.113. The molecule has 2 N–H and O–H groups in total. The first-order chi connectivity index (χ1) is 10.9. The van der Waals surface area contributed by atoms with Gasteiger partial charge in [-0.25, -0.2) is 4.39 Å². The van der Waals surface area contributed by atoms with E-state index < -0.39 is 11.1 Å². The third-order valence-corrected chi connectivity index (χ3v) is 5.21. The van der Waals surface area contributed by atoms with Crippen LogP contribution in [0.1, 0.15) is 36.3 Å². The molecule has 1 aromatic heterocycles. The predicted molar refractivity (Wildman–Crippen MR) is 89.8 cm³/mol. The Hall–Kier alpha value is -1.73. The summed E-state index contributed by atoms with van der Waals surface area (Å²) in [6, 6.07) is 4.33. The van der Waals surface area contributed by atoms with Crippen molar-refractivity contribution in [1.29, 1.82) is 0 Å². The molecule has 0 unspecified atom stereocenters. The van der Waals surface area contributed by atoms with Gasteiger partial charge in [0.2, 0.25) is 5.91 Å². The Bertz CT molecular complexity index is 810. The maximum Gasteiger partial charge on any atom is 0.270 e. The van der Waals surface area contributed by atoms with Crippen molar-refractivity contribution in [2.45, 2.75) is 25.1 Å². The van der Waals surface area contributed by atoms with Crippen molar-refractivity contribution in [3.05, 3.63) is 50.5 Å². The summed E-state index contributed by atoms with van der Waals surface area (Å²) < 4.78 is 15.9. The van der Waals surface area contributed by atoms with Crippen LogP contribution < -0.4 is 10.9 Å². The van der Waals surface area contributed by atoms with Crippen LogP contribution in [0, 0.1) is 5.82 Å². The van der Waals surface area contributed by atoms with Crippen LogP contribution in [0.5, 0.6) is 0 Å². The van der Waals surface area contributed by atoms with Gasteiger partial charge in [-0.1, -0.05) is 17.7 Å². The van der Waals surface area contributed by atoms with Gasteiger partial charge < -0.3 is 5.32 Å². The number of rotatable bonds is 2. The molecule has 1 aliphatic heterocycles. The van der Waals surface area contributed by atoms with Crippen LogP contribution in [0.2, 0.25) is 5.02 Å². The molecule has 0 fully saturated rings. The van der Waals surface area contributed by atoms with Crippen LogP contribution in [0.15, 0.2) is 23.0 Å². The lowest BCUT2D eigenvalue weighted by atomic mass is 10.1. The van der Waals surface area contributed by atoms with Gasteiger partial charge >= 0.3 is 0 Å². The highest BCUT2D eigenvalue weighted by Gasteiger charge is 2.33. The summed E-state index contributed by atoms with van der Waals surface area (Å²) in [6.07, 6.45) is 0. The summed E-state index contributed by atoms with van der Waals surface area (Å²) in [7, 11) is 0. The summed E-state index contributed by atoms with van der Waals surface area (Å²) in [6.45, 7) is 3.76. The van der Waals surface area contributed by atoms with E-state index in [0.29, 0.717) is 11.4 Å². The molecule has 1 aromatic carbocycles. The van der Waals surface area contributed by atoms with Gasteiger partial charge in [0.25, 0.3) is 5.56 Å². The molecule has 0 saturated heterocycles. The quantitative estimate of drug-likeness (QED) is 0.868. The number of amides is 1. The van der Waals surface area contributed by atoms with E-state index in [-0.39, 0.29) is 33.8 Å². The molecular formula is C15H15ClFN3O2S. The molecule has 122 valence electrons. The van der Waals surface area contributed by atoms with Gasteiger partial charge in [-0.05, 0) is 26.0 Å². The van der Waals surface area contributed by atoms with Gasteiger partial charge in [0.1, 0.15) is 11.6 Å². The summed E-state index contributed by atoms with van der Waals surface area (Å²) in [5.74, 6) is -0.238. The number of carbonyl (C=O) groups excluding carboxylic acids is 1. The highest BCUT2D eigenvalue weighted by Crippen LogP contribution is 2.43. The number of hydrogen-bond donors (Lipinski definition) is 2. The fourth-order valence-corrected chi connectivity index (χ4v) is 4.14. The Balaban J connectivity index is 2.26. The molecular weight excluding hydrogens is 341 g/mol. The number of anilines is 1. The second kappa shape index (κ2) is 6.05. The normalized spacial score (nSPS) is 17.8. The van der Waals surface area contributed by atoms with E-state index in [1.54, 1.807) is 10.7 Å². The maximum atomic E-state index is 14.3. The van der Waals surface area contributed by atoms with Gasteiger partial charge in [0.15, 0.2) is 0 Å². The minimum Gasteiger partial charge on any atom is -0.310 e. The molecule has 8 heteroatoms. The van der Waals surface area contributed by atoms with Gasteiger partial charge in [-0.3, -0.25) is 19.4 Å². The number of fused-ring (bicyclic) bond motifs is 1. The van der Waals surface area contributed by atoms with E-state index in [4.69, 9.17) is 11.6 Å². The minimum absolute atomic E-state index is 0.0633. The van der Waals surface area contributed by atoms with Crippen LogP contribution in [0.4, 0.5) is 10.2 Å². The highest BCUT2D eigenvalue weighted by atomic mass is 35.5. The van der Waals surface area contributed by atoms with Crippen LogP contribution in [-0.4, -0.2) is 21.4 Å². The average Bonchev–Trinajstić information content (AvgIpc) is 2.69. The molecule has 0 aliphatic carbocycles. The third-order valence-electron chi connectivity index (χ3n) is 3.64. The molecule has 2 aromatic rings. The number of benzene rings is 1. The van der Waals surface area contributed by atoms with E-state index >= 15 is 0 Å². The fourth-order valence-electron chi connectivity index (χ4n) is 2.62. The third kappa shape index (κ3) is 2.79. The molecule has 3 rings (SSSR count). The Morgan fingerprint density at radius 1 is 1.35 bits per heavy atom. The minimum atomic E-state index is -0.651. The van der Waals surface area contributed by atoms with Crippen molar-refractivity contribution < 1.29 is 9.18 Å². The lowest BCUT2D eigenvalue weighted by Crippen LogP contribution is -2.17. The van der Waals surface area contributed by atoms with Crippen LogP contribution in [0.25, 0.3) is 0 Å². The Morgan fingerprint density at radius 2 is 2.09 bits per heavy atom.